The van der Waals surface area contributed by atoms with E-state index in [1.165, 1.54) is 9.80 Å². The van der Waals surface area contributed by atoms with Crippen LogP contribution >= 0.6 is 23.5 Å². The molecule has 15 N–H and O–H groups in total. The summed E-state index contributed by atoms with van der Waals surface area (Å²) in [5.74, 6) is -17.9. The van der Waals surface area contributed by atoms with Gasteiger partial charge in [-0.1, -0.05) is 38.1 Å². The molecular formula is C60H85N13O20S2. The van der Waals surface area contributed by atoms with E-state index in [2.05, 4.69) is 47.9 Å². The highest BCUT2D eigenvalue weighted by Crippen LogP contribution is 2.28. The number of carbonyl (C=O) groups excluding carboxylic acids is 13. The molecule has 3 saturated heterocycles. The van der Waals surface area contributed by atoms with Gasteiger partial charge in [0.2, 0.25) is 76.8 Å². The molecule has 1 aromatic carbocycles. The highest BCUT2D eigenvalue weighted by atomic mass is 32.2. The van der Waals surface area contributed by atoms with Gasteiger partial charge in [0.25, 0.3) is 0 Å². The molecule has 1 aromatic rings. The molecule has 33 nitrogen and oxygen atoms in total. The summed E-state index contributed by atoms with van der Waals surface area (Å²) >= 11 is 2.20. The van der Waals surface area contributed by atoms with E-state index in [1.54, 1.807) is 38.1 Å². The minimum absolute atomic E-state index is 0.0252. The van der Waals surface area contributed by atoms with Gasteiger partial charge in [-0.05, 0) is 88.2 Å². The summed E-state index contributed by atoms with van der Waals surface area (Å²) in [6.07, 6.45) is -5.51. The maximum atomic E-state index is 14.9. The zero-order valence-corrected chi connectivity index (χ0v) is 54.6. The number of benzene rings is 1. The average Bonchev–Trinajstić information content (AvgIpc) is 1.71. The number of aliphatic carboxylic acids is 3. The second-order valence-electron chi connectivity index (χ2n) is 24.4. The molecule has 95 heavy (non-hydrogen) atoms. The highest BCUT2D eigenvalue weighted by Gasteiger charge is 2.46. The predicted octanol–water partition coefficient (Wildman–Crippen LogP) is -3.96. The lowest BCUT2D eigenvalue weighted by atomic mass is 10.0. The molecule has 2 bridgehead atoms. The molecule has 0 aliphatic carbocycles. The van der Waals surface area contributed by atoms with E-state index in [1.807, 2.05) is 0 Å². The van der Waals surface area contributed by atoms with E-state index in [9.17, 15) is 97.1 Å². The van der Waals surface area contributed by atoms with Crippen LogP contribution < -0.4 is 53.6 Å². The van der Waals surface area contributed by atoms with E-state index < -0.39 is 219 Å². The molecule has 0 radical (unpaired) electrons. The van der Waals surface area contributed by atoms with Gasteiger partial charge in [-0.25, -0.2) is 0 Å². The topological polar surface area (TPSA) is 498 Å². The summed E-state index contributed by atoms with van der Waals surface area (Å²) < 4.78 is 0. The molecule has 0 aromatic heterocycles. The Hall–Kier alpha value is -8.60. The Kier molecular flexibility index (Phi) is 28.4. The molecule has 6 rings (SSSR count). The number of carbonyl (C=O) groups is 16. The van der Waals surface area contributed by atoms with Gasteiger partial charge in [0.1, 0.15) is 66.5 Å². The van der Waals surface area contributed by atoms with Gasteiger partial charge < -0.3 is 88.7 Å². The Morgan fingerprint density at radius 1 is 0.505 bits per heavy atom. The van der Waals surface area contributed by atoms with Crippen molar-refractivity contribution in [2.75, 3.05) is 37.7 Å². The van der Waals surface area contributed by atoms with E-state index in [-0.39, 0.29) is 80.7 Å². The van der Waals surface area contributed by atoms with Gasteiger partial charge in [-0.3, -0.25) is 76.7 Å². The smallest absolute Gasteiger partial charge is 0.305 e. The summed E-state index contributed by atoms with van der Waals surface area (Å²) in [4.78, 5) is 225. The zero-order chi connectivity index (χ0) is 69.8. The van der Waals surface area contributed by atoms with Crippen molar-refractivity contribution in [1.82, 2.24) is 62.6 Å². The Labute approximate surface area is 555 Å². The van der Waals surface area contributed by atoms with Crippen LogP contribution in [0.4, 0.5) is 0 Å². The van der Waals surface area contributed by atoms with Gasteiger partial charge >= 0.3 is 17.9 Å². The van der Waals surface area contributed by atoms with Crippen LogP contribution in [0.5, 0.6) is 0 Å². The first kappa shape index (κ1) is 75.4. The number of carboxylic acid groups (broad SMARTS) is 3. The number of hydrogen-bond acceptors (Lipinski definition) is 19. The Morgan fingerprint density at radius 2 is 0.926 bits per heavy atom. The number of nitrogens with zero attached hydrogens (tertiary/aromatic N) is 3. The third-order valence-electron chi connectivity index (χ3n) is 16.7. The van der Waals surface area contributed by atoms with Gasteiger partial charge in [0.15, 0.2) is 0 Å². The van der Waals surface area contributed by atoms with E-state index >= 15 is 0 Å². The van der Waals surface area contributed by atoms with Crippen LogP contribution in [0, 0.1) is 5.92 Å². The van der Waals surface area contributed by atoms with Crippen molar-refractivity contribution in [1.29, 1.82) is 0 Å². The van der Waals surface area contributed by atoms with Crippen LogP contribution in [0.25, 0.3) is 0 Å². The van der Waals surface area contributed by atoms with E-state index in [0.29, 0.717) is 24.0 Å². The van der Waals surface area contributed by atoms with Gasteiger partial charge in [-0.2, -0.15) is 23.5 Å². The summed E-state index contributed by atoms with van der Waals surface area (Å²) in [7, 11) is 0. The second-order valence-corrected chi connectivity index (χ2v) is 26.5. The number of nitrogens with two attached hydrogens (primary N) is 1. The number of carboxylic acids is 3. The van der Waals surface area contributed by atoms with Crippen LogP contribution in [0.15, 0.2) is 24.3 Å². The van der Waals surface area contributed by atoms with Crippen molar-refractivity contribution >= 4 is 118 Å². The molecule has 13 amide bonds. The minimum Gasteiger partial charge on any atom is -0.481 e. The molecule has 35 heteroatoms. The van der Waals surface area contributed by atoms with Crippen LogP contribution in [0.2, 0.25) is 0 Å². The molecule has 0 unspecified atom stereocenters. The zero-order valence-electron chi connectivity index (χ0n) is 52.9. The fraction of sp³-hybridized carbons (Fsp3) is 0.633. The van der Waals surface area contributed by atoms with Gasteiger partial charge in [0, 0.05) is 61.9 Å². The van der Waals surface area contributed by atoms with Gasteiger partial charge in [-0.15, -0.1) is 0 Å². The largest absolute Gasteiger partial charge is 0.481 e. The fourth-order valence-corrected chi connectivity index (χ4v) is 13.9. The van der Waals surface area contributed by atoms with Gasteiger partial charge in [0.05, 0.1) is 19.1 Å². The first-order valence-electron chi connectivity index (χ1n) is 31.5. The molecule has 522 valence electrons. The Morgan fingerprint density at radius 3 is 1.39 bits per heavy atom. The molecule has 5 aliphatic heterocycles. The number of fused-ring (bicyclic) bond motifs is 9. The normalized spacial score (nSPS) is 27.6. The summed E-state index contributed by atoms with van der Waals surface area (Å²) in [6, 6.07) is -10.5. The molecule has 0 spiro atoms. The molecule has 0 saturated carbocycles. The van der Waals surface area contributed by atoms with Crippen molar-refractivity contribution in [2.45, 2.75) is 195 Å². The SMILES string of the molecule is CC(C)C[C@@H]1NC(=O)[C@@H]2CSCc3ccccc3CSC[C@H](NC(=O)[C@H](CCC(N)=O)NC(=O)[C@@H]3CCCN3C(=O)[C@H]3CCCN3C1=O)C(=O)N[C@@H](CC(=O)O)C(=O)N1CCC[C@H]1C(=O)N[C@@H](CCC(=O)O)C(=O)N[C@@H]([C@@H](C)O)C(=O)NCC(=O)N[C@@H](CCC(=O)O)C(=O)N2. The first-order chi connectivity index (χ1) is 45.0. The van der Waals surface area contributed by atoms with Crippen molar-refractivity contribution in [2.24, 2.45) is 11.7 Å². The number of hydrogen-bond donors (Lipinski definition) is 14. The lowest BCUT2D eigenvalue weighted by Crippen LogP contribution is -2.61. The number of amides is 13. The number of nitrogens with one attached hydrogen (secondary N) is 9. The lowest BCUT2D eigenvalue weighted by Gasteiger charge is -2.34. The number of primary amides is 1. The molecule has 12 atom stereocenters. The Bertz CT molecular complexity index is 3080. The lowest BCUT2D eigenvalue weighted by molar-refractivity contribution is -0.148. The summed E-state index contributed by atoms with van der Waals surface area (Å²) in [5, 5.41) is 62.5. The minimum atomic E-state index is -1.95. The Balaban J connectivity index is 1.49. The second kappa shape index (κ2) is 35.8. The number of aliphatic hydroxyl groups is 1. The highest BCUT2D eigenvalue weighted by molar-refractivity contribution is 7.99. The maximum absolute atomic E-state index is 14.9. The molecule has 3 fully saturated rings. The fourth-order valence-electron chi connectivity index (χ4n) is 11.8. The number of rotatable bonds is 14. The van der Waals surface area contributed by atoms with Crippen LogP contribution in [0.1, 0.15) is 122 Å². The maximum Gasteiger partial charge on any atom is 0.305 e. The average molecular weight is 1370 g/mol. The van der Waals surface area contributed by atoms with E-state index in [0.717, 1.165) is 35.3 Å². The number of thioether (sulfide) groups is 2. The molecular weight excluding hydrogens is 1290 g/mol. The standard InChI is InChI=1S/C60H85N13O20S2/c1-30(2)23-37-58(91)73-22-8-13-43(73)60(93)72-21-7-12-42(72)56(89)64-35(14-17-44(61)75)51(84)69-40-29-95-27-33-10-5-4-9-32(33)26-94-28-39(53(86)66-37)68-50(83)34(15-18-46(77)78)63-45(76)25-62-57(90)49(31(3)74)70-52(85)36(16-19-47(79)80)65-55(88)41-11-6-20-71(41)59(92)38(24-48(81)82)67-54(40)87/h4-5,9-10,30-31,34-43,49,74H,6-8,11-29H2,1-3H3,(H2,61,75)(H,62,90)(H,63,76)(H,64,89)(H,65,88)(H,66,86)(H,67,87)(H,68,83)(H,69,84)(H,70,85)(H,77,78)(H,79,80)(H,81,82)/t31-,34+,35+,36+,37+,38+,39+,40+,41+,42+,43-,49+/m1/s1. The third-order valence-corrected chi connectivity index (χ3v) is 18.8. The summed E-state index contributed by atoms with van der Waals surface area (Å²) in [5.41, 5.74) is 6.83. The molecule has 5 aliphatic rings. The third kappa shape index (κ3) is 22.0. The summed E-state index contributed by atoms with van der Waals surface area (Å²) in [6.45, 7) is 3.55. The van der Waals surface area contributed by atoms with Crippen LogP contribution in [-0.2, 0) is 88.2 Å². The van der Waals surface area contributed by atoms with Crippen molar-refractivity contribution < 1.29 is 97.1 Å². The quantitative estimate of drug-likeness (QED) is 0.0845. The number of aliphatic hydroxyl groups excluding tert-OH is 1. The van der Waals surface area contributed by atoms with Crippen molar-refractivity contribution in [3.63, 3.8) is 0 Å². The monoisotopic (exact) mass is 1370 g/mol. The van der Waals surface area contributed by atoms with Crippen molar-refractivity contribution in [3.8, 4) is 0 Å². The van der Waals surface area contributed by atoms with Crippen LogP contribution in [0.3, 0.4) is 0 Å². The predicted molar refractivity (Wildman–Crippen MR) is 337 cm³/mol. The van der Waals surface area contributed by atoms with Crippen molar-refractivity contribution in [3.05, 3.63) is 35.4 Å². The van der Waals surface area contributed by atoms with Crippen LogP contribution in [-0.4, -0.2) is 240 Å². The van der Waals surface area contributed by atoms with E-state index in [4.69, 9.17) is 5.73 Å². The first-order valence-corrected chi connectivity index (χ1v) is 33.8. The molecule has 5 heterocycles.